The van der Waals surface area contributed by atoms with Gasteiger partial charge < -0.3 is 10.6 Å². The summed E-state index contributed by atoms with van der Waals surface area (Å²) in [6, 6.07) is 5.00. The van der Waals surface area contributed by atoms with E-state index in [1.165, 1.54) is 28.6 Å². The molecule has 0 aromatic heterocycles. The molecule has 0 saturated carbocycles. The van der Waals surface area contributed by atoms with Gasteiger partial charge in [0.05, 0.1) is 4.90 Å². The van der Waals surface area contributed by atoms with E-state index >= 15 is 0 Å². The minimum absolute atomic E-state index is 0.152. The number of benzene rings is 1. The van der Waals surface area contributed by atoms with E-state index < -0.39 is 15.8 Å². The summed E-state index contributed by atoms with van der Waals surface area (Å²) >= 11 is 0. The zero-order valence-corrected chi connectivity index (χ0v) is 12.9. The van der Waals surface area contributed by atoms with Crippen LogP contribution in [0, 0.1) is 5.82 Å². The van der Waals surface area contributed by atoms with E-state index in [0.29, 0.717) is 26.2 Å². The van der Waals surface area contributed by atoms with E-state index in [9.17, 15) is 12.8 Å². The van der Waals surface area contributed by atoms with E-state index in [1.54, 1.807) is 0 Å². The minimum atomic E-state index is -3.53. The number of rotatable bonds is 5. The van der Waals surface area contributed by atoms with Gasteiger partial charge in [-0.3, -0.25) is 0 Å². The molecular weight excluding hydrogens is 293 g/mol. The molecule has 0 amide bonds. The Labute approximate surface area is 125 Å². The summed E-state index contributed by atoms with van der Waals surface area (Å²) in [6.45, 7) is 4.11. The average molecular weight is 315 g/mol. The molecule has 118 valence electrons. The smallest absolute Gasteiger partial charge is 0.243 e. The topological polar surface area (TPSA) is 66.6 Å². The Morgan fingerprint density at radius 1 is 1.10 bits per heavy atom. The summed E-state index contributed by atoms with van der Waals surface area (Å²) in [5.41, 5.74) is 5.51. The predicted molar refractivity (Wildman–Crippen MR) is 79.9 cm³/mol. The van der Waals surface area contributed by atoms with Gasteiger partial charge in [0.25, 0.3) is 0 Å². The van der Waals surface area contributed by atoms with Gasteiger partial charge in [0.2, 0.25) is 10.0 Å². The van der Waals surface area contributed by atoms with Crippen molar-refractivity contribution in [1.82, 2.24) is 9.21 Å². The Morgan fingerprint density at radius 2 is 1.81 bits per heavy atom. The van der Waals surface area contributed by atoms with E-state index in [4.69, 9.17) is 5.73 Å². The van der Waals surface area contributed by atoms with Crippen molar-refractivity contribution >= 4 is 10.0 Å². The lowest BCUT2D eigenvalue weighted by molar-refractivity contribution is 0.284. The van der Waals surface area contributed by atoms with Crippen molar-refractivity contribution in [3.05, 3.63) is 30.1 Å². The number of nitrogens with two attached hydrogens (primary N) is 1. The highest BCUT2D eigenvalue weighted by molar-refractivity contribution is 7.89. The molecule has 1 aromatic rings. The second kappa shape index (κ2) is 7.31. The number of sulfonamides is 1. The maximum Gasteiger partial charge on any atom is 0.243 e. The van der Waals surface area contributed by atoms with Gasteiger partial charge in [0.15, 0.2) is 0 Å². The van der Waals surface area contributed by atoms with Crippen LogP contribution in [-0.2, 0) is 10.0 Å². The number of hydrogen-bond donors (Lipinski definition) is 1. The molecule has 21 heavy (non-hydrogen) atoms. The number of halogens is 1. The molecule has 0 unspecified atom stereocenters. The van der Waals surface area contributed by atoms with E-state index in [0.717, 1.165) is 25.9 Å². The van der Waals surface area contributed by atoms with Gasteiger partial charge in [-0.25, -0.2) is 12.8 Å². The van der Waals surface area contributed by atoms with Gasteiger partial charge in [0, 0.05) is 19.6 Å². The van der Waals surface area contributed by atoms with Crippen LogP contribution in [0.4, 0.5) is 4.39 Å². The van der Waals surface area contributed by atoms with Gasteiger partial charge in [-0.2, -0.15) is 4.31 Å². The van der Waals surface area contributed by atoms with Gasteiger partial charge >= 0.3 is 0 Å². The molecule has 1 aliphatic heterocycles. The Balaban J connectivity index is 2.05. The third-order valence-electron chi connectivity index (χ3n) is 3.68. The standard InChI is InChI=1S/C14H22FN3O2S/c15-13-3-5-14(6-4-13)21(19,20)18-10-2-9-17(11-12-18)8-1-7-16/h3-6H,1-2,7-12,16H2. The number of hydrogen-bond acceptors (Lipinski definition) is 4. The first-order valence-electron chi connectivity index (χ1n) is 7.22. The van der Waals surface area contributed by atoms with Gasteiger partial charge in [-0.1, -0.05) is 0 Å². The summed E-state index contributed by atoms with van der Waals surface area (Å²) in [7, 11) is -3.53. The van der Waals surface area contributed by atoms with Crippen molar-refractivity contribution in [3.63, 3.8) is 0 Å². The molecule has 1 fully saturated rings. The van der Waals surface area contributed by atoms with Crippen LogP contribution in [0.15, 0.2) is 29.2 Å². The molecule has 1 aromatic carbocycles. The maximum atomic E-state index is 12.9. The van der Waals surface area contributed by atoms with Crippen LogP contribution in [0.1, 0.15) is 12.8 Å². The van der Waals surface area contributed by atoms with Gasteiger partial charge in [-0.15, -0.1) is 0 Å². The van der Waals surface area contributed by atoms with E-state index in [1.807, 2.05) is 0 Å². The third-order valence-corrected chi connectivity index (χ3v) is 5.59. The van der Waals surface area contributed by atoms with Crippen molar-refractivity contribution in [2.24, 2.45) is 5.73 Å². The lowest BCUT2D eigenvalue weighted by atomic mass is 10.3. The molecule has 0 atom stereocenters. The molecule has 0 aliphatic carbocycles. The minimum Gasteiger partial charge on any atom is -0.330 e. The van der Waals surface area contributed by atoms with Crippen LogP contribution in [0.3, 0.4) is 0 Å². The number of nitrogens with zero attached hydrogens (tertiary/aromatic N) is 2. The predicted octanol–water partition coefficient (Wildman–Crippen LogP) is 0.871. The quantitative estimate of drug-likeness (QED) is 0.875. The molecule has 2 N–H and O–H groups in total. The van der Waals surface area contributed by atoms with Gasteiger partial charge in [0.1, 0.15) is 5.82 Å². The maximum absolute atomic E-state index is 12.9. The molecule has 0 spiro atoms. The second-order valence-electron chi connectivity index (χ2n) is 5.20. The molecule has 1 aliphatic rings. The van der Waals surface area contributed by atoms with Crippen molar-refractivity contribution in [2.45, 2.75) is 17.7 Å². The van der Waals surface area contributed by atoms with Crippen LogP contribution in [0.25, 0.3) is 0 Å². The first kappa shape index (κ1) is 16.4. The highest BCUT2D eigenvalue weighted by atomic mass is 32.2. The molecule has 1 saturated heterocycles. The van der Waals surface area contributed by atoms with Crippen LogP contribution in [0.2, 0.25) is 0 Å². The molecule has 0 radical (unpaired) electrons. The van der Waals surface area contributed by atoms with Crippen molar-refractivity contribution < 1.29 is 12.8 Å². The SMILES string of the molecule is NCCCN1CCCN(S(=O)(=O)c2ccc(F)cc2)CC1. The van der Waals surface area contributed by atoms with Crippen molar-refractivity contribution in [3.8, 4) is 0 Å². The lowest BCUT2D eigenvalue weighted by Crippen LogP contribution is -2.35. The monoisotopic (exact) mass is 315 g/mol. The van der Waals surface area contributed by atoms with E-state index in [2.05, 4.69) is 4.90 Å². The molecule has 7 heteroatoms. The summed E-state index contributed by atoms with van der Waals surface area (Å²) in [5.74, 6) is -0.433. The summed E-state index contributed by atoms with van der Waals surface area (Å²) in [4.78, 5) is 2.40. The molecule has 1 heterocycles. The Hall–Kier alpha value is -1.02. The molecular formula is C14H22FN3O2S. The fourth-order valence-electron chi connectivity index (χ4n) is 2.48. The summed E-state index contributed by atoms with van der Waals surface area (Å²) in [5, 5.41) is 0. The largest absolute Gasteiger partial charge is 0.330 e. The first-order valence-corrected chi connectivity index (χ1v) is 8.66. The van der Waals surface area contributed by atoms with Crippen LogP contribution in [0.5, 0.6) is 0 Å². The zero-order chi connectivity index (χ0) is 15.3. The Bertz CT molecular complexity index is 548. The van der Waals surface area contributed by atoms with Gasteiger partial charge in [-0.05, 0) is 56.7 Å². The molecule has 2 rings (SSSR count). The normalized spacial score (nSPS) is 18.6. The Morgan fingerprint density at radius 3 is 2.48 bits per heavy atom. The van der Waals surface area contributed by atoms with E-state index in [-0.39, 0.29) is 4.90 Å². The molecule has 0 bridgehead atoms. The third kappa shape index (κ3) is 4.23. The molecule has 5 nitrogen and oxygen atoms in total. The average Bonchev–Trinajstić information content (AvgIpc) is 2.71. The summed E-state index contributed by atoms with van der Waals surface area (Å²) in [6.07, 6.45) is 1.72. The zero-order valence-electron chi connectivity index (χ0n) is 12.0. The highest BCUT2D eigenvalue weighted by Crippen LogP contribution is 2.18. The highest BCUT2D eigenvalue weighted by Gasteiger charge is 2.26. The second-order valence-corrected chi connectivity index (χ2v) is 7.13. The fourth-order valence-corrected chi connectivity index (χ4v) is 3.95. The lowest BCUT2D eigenvalue weighted by Gasteiger charge is -2.21. The van der Waals surface area contributed by atoms with Crippen molar-refractivity contribution in [2.75, 3.05) is 39.3 Å². The summed E-state index contributed by atoms with van der Waals surface area (Å²) < 4.78 is 39.5. The first-order chi connectivity index (χ1) is 10.0. The van der Waals surface area contributed by atoms with Crippen LogP contribution in [-0.4, -0.2) is 56.9 Å². The fraction of sp³-hybridized carbons (Fsp3) is 0.571. The van der Waals surface area contributed by atoms with Crippen LogP contribution < -0.4 is 5.73 Å². The van der Waals surface area contributed by atoms with Crippen LogP contribution >= 0.6 is 0 Å². The Kier molecular flexibility index (Phi) is 5.69. The van der Waals surface area contributed by atoms with Crippen molar-refractivity contribution in [1.29, 1.82) is 0 Å².